The zero-order valence-electron chi connectivity index (χ0n) is 17.7. The standard InChI is InChI=1S/C24H24N2O4S/c1-4-5-17-7-10-19(11-8-17)31(28,29)25-18-9-13-22-20(15-18)24(27)26(3)21-14-16(2)6-12-23(21)30-22/h6-15,25H,4-5H2,1-3H3. The van der Waals surface area contributed by atoms with Gasteiger partial charge >= 0.3 is 0 Å². The minimum atomic E-state index is -3.79. The van der Waals surface area contributed by atoms with Gasteiger partial charge in [0.1, 0.15) is 5.75 Å². The summed E-state index contributed by atoms with van der Waals surface area (Å²) in [5, 5.41) is 0. The summed E-state index contributed by atoms with van der Waals surface area (Å²) in [6, 6.07) is 17.2. The topological polar surface area (TPSA) is 75.7 Å². The highest BCUT2D eigenvalue weighted by molar-refractivity contribution is 7.92. The van der Waals surface area contributed by atoms with Crippen molar-refractivity contribution in [1.29, 1.82) is 0 Å². The molecule has 0 atom stereocenters. The van der Waals surface area contributed by atoms with Crippen molar-refractivity contribution < 1.29 is 17.9 Å². The molecule has 3 aromatic carbocycles. The Balaban J connectivity index is 1.64. The first-order valence-electron chi connectivity index (χ1n) is 10.1. The third-order valence-electron chi connectivity index (χ3n) is 5.23. The van der Waals surface area contributed by atoms with Crippen LogP contribution < -0.4 is 14.4 Å². The predicted molar refractivity (Wildman–Crippen MR) is 122 cm³/mol. The number of ether oxygens (including phenoxy) is 1. The van der Waals surface area contributed by atoms with Gasteiger partial charge in [0.05, 0.1) is 16.1 Å². The molecule has 1 heterocycles. The molecular formula is C24H24N2O4S. The number of hydrogen-bond donors (Lipinski definition) is 1. The van der Waals surface area contributed by atoms with Gasteiger partial charge in [-0.3, -0.25) is 9.52 Å². The van der Waals surface area contributed by atoms with Gasteiger partial charge in [0.2, 0.25) is 0 Å². The van der Waals surface area contributed by atoms with Crippen LogP contribution >= 0.6 is 0 Å². The first-order chi connectivity index (χ1) is 14.8. The van der Waals surface area contributed by atoms with Crippen molar-refractivity contribution in [3.05, 3.63) is 77.4 Å². The zero-order valence-corrected chi connectivity index (χ0v) is 18.5. The van der Waals surface area contributed by atoms with Gasteiger partial charge in [-0.05, 0) is 66.9 Å². The highest BCUT2D eigenvalue weighted by Crippen LogP contribution is 2.39. The van der Waals surface area contributed by atoms with E-state index in [4.69, 9.17) is 4.74 Å². The van der Waals surface area contributed by atoms with Crippen LogP contribution in [0.25, 0.3) is 0 Å². The van der Waals surface area contributed by atoms with Crippen LogP contribution in [0.4, 0.5) is 11.4 Å². The van der Waals surface area contributed by atoms with Gasteiger partial charge in [0.15, 0.2) is 5.75 Å². The van der Waals surface area contributed by atoms with E-state index in [9.17, 15) is 13.2 Å². The molecule has 6 nitrogen and oxygen atoms in total. The second kappa shape index (κ2) is 8.07. The van der Waals surface area contributed by atoms with Crippen LogP contribution in [0.5, 0.6) is 11.5 Å². The Bertz CT molecular complexity index is 1250. The molecule has 31 heavy (non-hydrogen) atoms. The second-order valence-corrected chi connectivity index (χ2v) is 9.33. The number of nitrogens with zero attached hydrogens (tertiary/aromatic N) is 1. The number of hydrogen-bond acceptors (Lipinski definition) is 4. The minimum absolute atomic E-state index is 0.171. The summed E-state index contributed by atoms with van der Waals surface area (Å²) >= 11 is 0. The molecule has 0 spiro atoms. The molecule has 7 heteroatoms. The molecule has 1 aliphatic rings. The quantitative estimate of drug-likeness (QED) is 0.602. The zero-order chi connectivity index (χ0) is 22.2. The van der Waals surface area contributed by atoms with Crippen LogP contribution in [-0.4, -0.2) is 21.4 Å². The Kier molecular flexibility index (Phi) is 5.45. The largest absolute Gasteiger partial charge is 0.454 e. The number of carbonyl (C=O) groups is 1. The van der Waals surface area contributed by atoms with E-state index in [0.717, 1.165) is 24.0 Å². The molecular weight excluding hydrogens is 412 g/mol. The smallest absolute Gasteiger partial charge is 0.261 e. The summed E-state index contributed by atoms with van der Waals surface area (Å²) in [4.78, 5) is 14.8. The van der Waals surface area contributed by atoms with E-state index in [2.05, 4.69) is 11.6 Å². The van der Waals surface area contributed by atoms with E-state index in [-0.39, 0.29) is 16.4 Å². The summed E-state index contributed by atoms with van der Waals surface area (Å²) in [5.41, 5.74) is 3.34. The third kappa shape index (κ3) is 4.14. The monoisotopic (exact) mass is 436 g/mol. The Labute approximate surface area is 182 Å². The van der Waals surface area contributed by atoms with Crippen molar-refractivity contribution in [1.82, 2.24) is 0 Å². The predicted octanol–water partition coefficient (Wildman–Crippen LogP) is 5.13. The fourth-order valence-corrected chi connectivity index (χ4v) is 4.62. The molecule has 0 unspecified atom stereocenters. The number of aryl methyl sites for hydroxylation is 2. The van der Waals surface area contributed by atoms with Crippen LogP contribution in [0.15, 0.2) is 65.6 Å². The molecule has 1 aliphatic heterocycles. The highest BCUT2D eigenvalue weighted by Gasteiger charge is 2.26. The fourth-order valence-electron chi connectivity index (χ4n) is 3.57. The summed E-state index contributed by atoms with van der Waals surface area (Å²) in [6.07, 6.45) is 1.89. The maximum absolute atomic E-state index is 13.1. The number of sulfonamides is 1. The average Bonchev–Trinajstić information content (AvgIpc) is 2.84. The first kappa shape index (κ1) is 20.9. The molecule has 1 amide bonds. The number of carbonyl (C=O) groups excluding carboxylic acids is 1. The molecule has 1 N–H and O–H groups in total. The third-order valence-corrected chi connectivity index (χ3v) is 6.63. The fraction of sp³-hybridized carbons (Fsp3) is 0.208. The molecule has 0 aliphatic carbocycles. The summed E-state index contributed by atoms with van der Waals surface area (Å²) < 4.78 is 34.2. The lowest BCUT2D eigenvalue weighted by Gasteiger charge is -2.17. The number of anilines is 2. The van der Waals surface area contributed by atoms with Gasteiger partial charge in [-0.1, -0.05) is 31.5 Å². The van der Waals surface area contributed by atoms with Gasteiger partial charge in [-0.2, -0.15) is 0 Å². The van der Waals surface area contributed by atoms with Crippen LogP contribution in [0.2, 0.25) is 0 Å². The molecule has 0 radical (unpaired) electrons. The van der Waals surface area contributed by atoms with Gasteiger partial charge in [0, 0.05) is 12.7 Å². The van der Waals surface area contributed by atoms with E-state index in [1.54, 1.807) is 31.3 Å². The average molecular weight is 437 g/mol. The Morgan fingerprint density at radius 2 is 1.68 bits per heavy atom. The maximum atomic E-state index is 13.1. The van der Waals surface area contributed by atoms with Gasteiger partial charge in [0.25, 0.3) is 15.9 Å². The molecule has 0 aromatic heterocycles. The number of benzene rings is 3. The van der Waals surface area contributed by atoms with Crippen molar-refractivity contribution in [2.75, 3.05) is 16.7 Å². The minimum Gasteiger partial charge on any atom is -0.454 e. The van der Waals surface area contributed by atoms with Gasteiger partial charge in [-0.15, -0.1) is 0 Å². The second-order valence-electron chi connectivity index (χ2n) is 7.65. The Hall–Kier alpha value is -3.32. The van der Waals surface area contributed by atoms with E-state index < -0.39 is 10.0 Å². The summed E-state index contributed by atoms with van der Waals surface area (Å²) in [5.74, 6) is 0.677. The van der Waals surface area contributed by atoms with Gasteiger partial charge in [-0.25, -0.2) is 8.42 Å². The van der Waals surface area contributed by atoms with E-state index in [0.29, 0.717) is 22.9 Å². The first-order valence-corrected chi connectivity index (χ1v) is 11.6. The molecule has 3 aromatic rings. The molecule has 160 valence electrons. The number of amides is 1. The van der Waals surface area contributed by atoms with Crippen molar-refractivity contribution in [3.63, 3.8) is 0 Å². The lowest BCUT2D eigenvalue weighted by Crippen LogP contribution is -2.25. The normalized spacial score (nSPS) is 13.1. The number of rotatable bonds is 5. The number of nitrogens with one attached hydrogen (secondary N) is 1. The van der Waals surface area contributed by atoms with E-state index in [1.165, 1.54) is 11.0 Å². The molecule has 0 saturated heterocycles. The van der Waals surface area contributed by atoms with Crippen molar-refractivity contribution >= 4 is 27.3 Å². The molecule has 4 rings (SSSR count). The number of fused-ring (bicyclic) bond motifs is 2. The molecule has 0 bridgehead atoms. The Morgan fingerprint density at radius 1 is 0.968 bits per heavy atom. The summed E-state index contributed by atoms with van der Waals surface area (Å²) in [7, 11) is -2.11. The molecule has 0 saturated carbocycles. The summed E-state index contributed by atoms with van der Waals surface area (Å²) in [6.45, 7) is 4.02. The van der Waals surface area contributed by atoms with Crippen LogP contribution in [0.3, 0.4) is 0 Å². The van der Waals surface area contributed by atoms with Crippen LogP contribution in [-0.2, 0) is 16.4 Å². The Morgan fingerprint density at radius 3 is 2.39 bits per heavy atom. The maximum Gasteiger partial charge on any atom is 0.261 e. The lowest BCUT2D eigenvalue weighted by molar-refractivity contribution is 0.0993. The highest BCUT2D eigenvalue weighted by atomic mass is 32.2. The van der Waals surface area contributed by atoms with E-state index in [1.807, 2.05) is 37.3 Å². The van der Waals surface area contributed by atoms with Gasteiger partial charge < -0.3 is 9.64 Å². The SMILES string of the molecule is CCCc1ccc(S(=O)(=O)Nc2ccc3c(c2)C(=O)N(C)c2cc(C)ccc2O3)cc1. The van der Waals surface area contributed by atoms with Crippen LogP contribution in [0, 0.1) is 6.92 Å². The molecule has 0 fully saturated rings. The van der Waals surface area contributed by atoms with Crippen molar-refractivity contribution in [3.8, 4) is 11.5 Å². The van der Waals surface area contributed by atoms with Crippen LogP contribution in [0.1, 0.15) is 34.8 Å². The van der Waals surface area contributed by atoms with E-state index >= 15 is 0 Å². The van der Waals surface area contributed by atoms with Crippen molar-refractivity contribution in [2.24, 2.45) is 0 Å². The van der Waals surface area contributed by atoms with Crippen molar-refractivity contribution in [2.45, 2.75) is 31.6 Å². The lowest BCUT2D eigenvalue weighted by atomic mass is 10.1.